The molecule has 2 aromatic carbocycles. The Hall–Kier alpha value is -4.91. The third-order valence-electron chi connectivity index (χ3n) is 7.30. The number of nitrogens with one attached hydrogen (secondary N) is 3. The van der Waals surface area contributed by atoms with Crippen molar-refractivity contribution in [1.82, 2.24) is 20.5 Å². The maximum absolute atomic E-state index is 13.8. The van der Waals surface area contributed by atoms with Gasteiger partial charge in [0.2, 0.25) is 23.6 Å². The number of rotatable bonds is 12. The van der Waals surface area contributed by atoms with E-state index in [1.807, 2.05) is 24.3 Å². The second-order valence-electron chi connectivity index (χ2n) is 10.4. The van der Waals surface area contributed by atoms with E-state index < -0.39 is 60.2 Å². The lowest BCUT2D eigenvalue weighted by Crippen LogP contribution is -2.57. The predicted octanol–water partition coefficient (Wildman–Crippen LogP) is -0.0934. The SMILES string of the molecule is NC(=O)CC(N)C(=O)NC(Cc1ccc(O)cc1)C(=O)N1CCCC1C(=O)NC(Cc1c[nH]c2ccccc12)C(=O)O. The lowest BCUT2D eigenvalue weighted by Gasteiger charge is -2.30. The number of H-pyrrole nitrogens is 1. The molecule has 0 aliphatic carbocycles. The number of aromatic amines is 1. The first kappa shape index (κ1) is 30.1. The molecule has 4 unspecified atom stereocenters. The van der Waals surface area contributed by atoms with Gasteiger partial charge in [-0.1, -0.05) is 30.3 Å². The highest BCUT2D eigenvalue weighted by molar-refractivity contribution is 5.95. The van der Waals surface area contributed by atoms with Crippen LogP contribution >= 0.6 is 0 Å². The standard InChI is InChI=1S/C29H34N6O7/c30-20(14-25(31)37)26(38)33-22(12-16-7-9-18(36)10-8-16)28(40)35-11-3-6-24(35)27(39)34-23(29(41)42)13-17-15-32-21-5-2-1-4-19(17)21/h1-2,4-5,7-10,15,20,22-24,32,36H,3,6,11-14,30H2,(H2,31,37)(H,33,38)(H,34,39)(H,41,42). The Balaban J connectivity index is 1.50. The number of amides is 4. The van der Waals surface area contributed by atoms with Crippen molar-refractivity contribution in [2.45, 2.75) is 56.3 Å². The molecule has 2 heterocycles. The van der Waals surface area contributed by atoms with E-state index in [2.05, 4.69) is 15.6 Å². The van der Waals surface area contributed by atoms with Gasteiger partial charge in [0.15, 0.2) is 0 Å². The van der Waals surface area contributed by atoms with Gasteiger partial charge in [-0.25, -0.2) is 4.79 Å². The summed E-state index contributed by atoms with van der Waals surface area (Å²) in [5.41, 5.74) is 13.1. The first-order chi connectivity index (χ1) is 20.0. The number of aliphatic carboxylic acids is 1. The highest BCUT2D eigenvalue weighted by Gasteiger charge is 2.39. The molecule has 4 amide bonds. The van der Waals surface area contributed by atoms with Crippen LogP contribution in [0.15, 0.2) is 54.7 Å². The fraction of sp³-hybridized carbons (Fsp3) is 0.345. The van der Waals surface area contributed by atoms with Gasteiger partial charge in [-0.15, -0.1) is 0 Å². The number of hydrogen-bond acceptors (Lipinski definition) is 7. The normalized spacial score (nSPS) is 16.9. The Morgan fingerprint density at radius 2 is 1.71 bits per heavy atom. The number of carbonyl (C=O) groups excluding carboxylic acids is 4. The first-order valence-electron chi connectivity index (χ1n) is 13.5. The van der Waals surface area contributed by atoms with E-state index in [0.29, 0.717) is 18.4 Å². The molecule has 3 aromatic rings. The van der Waals surface area contributed by atoms with Gasteiger partial charge in [0, 0.05) is 36.5 Å². The number of carboxylic acids is 1. The van der Waals surface area contributed by atoms with Gasteiger partial charge in [0.25, 0.3) is 0 Å². The minimum atomic E-state index is -1.28. The second-order valence-corrected chi connectivity index (χ2v) is 10.4. The summed E-state index contributed by atoms with van der Waals surface area (Å²) in [5, 5.41) is 25.5. The molecule has 9 N–H and O–H groups in total. The van der Waals surface area contributed by atoms with E-state index in [4.69, 9.17) is 11.5 Å². The van der Waals surface area contributed by atoms with Crippen molar-refractivity contribution in [1.29, 1.82) is 0 Å². The van der Waals surface area contributed by atoms with Crippen molar-refractivity contribution in [3.8, 4) is 5.75 Å². The maximum Gasteiger partial charge on any atom is 0.326 e. The molecule has 1 aliphatic heterocycles. The lowest BCUT2D eigenvalue weighted by atomic mass is 10.0. The van der Waals surface area contributed by atoms with E-state index in [1.165, 1.54) is 17.0 Å². The van der Waals surface area contributed by atoms with Gasteiger partial charge in [-0.2, -0.15) is 0 Å². The Kier molecular flexibility index (Phi) is 9.42. The van der Waals surface area contributed by atoms with E-state index in [-0.39, 0.29) is 25.1 Å². The van der Waals surface area contributed by atoms with Crippen LogP contribution in [0.5, 0.6) is 5.75 Å². The number of benzene rings is 2. The van der Waals surface area contributed by atoms with E-state index in [0.717, 1.165) is 16.5 Å². The summed E-state index contributed by atoms with van der Waals surface area (Å²) >= 11 is 0. The summed E-state index contributed by atoms with van der Waals surface area (Å²) in [4.78, 5) is 67.7. The lowest BCUT2D eigenvalue weighted by molar-refractivity contribution is -0.144. The number of nitrogens with zero attached hydrogens (tertiary/aromatic N) is 1. The van der Waals surface area contributed by atoms with Gasteiger partial charge in [0.05, 0.1) is 12.5 Å². The van der Waals surface area contributed by atoms with Crippen LogP contribution in [0.2, 0.25) is 0 Å². The van der Waals surface area contributed by atoms with Crippen LogP contribution in [0.4, 0.5) is 0 Å². The topological polar surface area (TPSA) is 221 Å². The summed E-state index contributed by atoms with van der Waals surface area (Å²) in [7, 11) is 0. The van der Waals surface area contributed by atoms with Crippen molar-refractivity contribution >= 4 is 40.5 Å². The number of aromatic nitrogens is 1. The fourth-order valence-corrected chi connectivity index (χ4v) is 5.15. The highest BCUT2D eigenvalue weighted by Crippen LogP contribution is 2.22. The van der Waals surface area contributed by atoms with E-state index >= 15 is 0 Å². The Morgan fingerprint density at radius 3 is 2.40 bits per heavy atom. The van der Waals surface area contributed by atoms with E-state index in [9.17, 15) is 34.2 Å². The molecule has 4 rings (SSSR count). The summed E-state index contributed by atoms with van der Waals surface area (Å²) in [6.07, 6.45) is 2.12. The first-order valence-corrected chi connectivity index (χ1v) is 13.5. The third-order valence-corrected chi connectivity index (χ3v) is 7.30. The van der Waals surface area contributed by atoms with Crippen molar-refractivity contribution in [3.63, 3.8) is 0 Å². The van der Waals surface area contributed by atoms with E-state index in [1.54, 1.807) is 18.3 Å². The zero-order valence-electron chi connectivity index (χ0n) is 22.8. The molecule has 13 heteroatoms. The molecular weight excluding hydrogens is 544 g/mol. The molecule has 0 saturated carbocycles. The number of para-hydroxylation sites is 1. The van der Waals surface area contributed by atoms with Crippen molar-refractivity contribution < 1.29 is 34.2 Å². The molecule has 13 nitrogen and oxygen atoms in total. The molecule has 0 spiro atoms. The summed E-state index contributed by atoms with van der Waals surface area (Å²) < 4.78 is 0. The van der Waals surface area contributed by atoms with Crippen LogP contribution in [0.25, 0.3) is 10.9 Å². The summed E-state index contributed by atoms with van der Waals surface area (Å²) in [6, 6.07) is 8.81. The van der Waals surface area contributed by atoms with Gasteiger partial charge in [0.1, 0.15) is 23.9 Å². The van der Waals surface area contributed by atoms with Crippen LogP contribution in [0, 0.1) is 0 Å². The number of carboxylic acid groups (broad SMARTS) is 1. The number of primary amides is 1. The molecule has 1 fully saturated rings. The van der Waals surface area contributed by atoms with Crippen LogP contribution < -0.4 is 22.1 Å². The molecule has 0 bridgehead atoms. The highest BCUT2D eigenvalue weighted by atomic mass is 16.4. The van der Waals surface area contributed by atoms with Crippen LogP contribution in [-0.4, -0.2) is 80.4 Å². The van der Waals surface area contributed by atoms with Gasteiger partial charge < -0.3 is 42.2 Å². The van der Waals surface area contributed by atoms with Crippen molar-refractivity contribution in [3.05, 3.63) is 65.9 Å². The molecule has 1 saturated heterocycles. The summed E-state index contributed by atoms with van der Waals surface area (Å²) in [5.74, 6) is -3.93. The van der Waals surface area contributed by atoms with Gasteiger partial charge in [-0.3, -0.25) is 19.2 Å². The zero-order valence-corrected chi connectivity index (χ0v) is 22.8. The number of nitrogens with two attached hydrogens (primary N) is 2. The van der Waals surface area contributed by atoms with Crippen LogP contribution in [0.1, 0.15) is 30.4 Å². The van der Waals surface area contributed by atoms with Crippen molar-refractivity contribution in [2.75, 3.05) is 6.54 Å². The fourth-order valence-electron chi connectivity index (χ4n) is 5.15. The third kappa shape index (κ3) is 7.23. The average Bonchev–Trinajstić information content (AvgIpc) is 3.60. The Morgan fingerprint density at radius 1 is 1.00 bits per heavy atom. The summed E-state index contributed by atoms with van der Waals surface area (Å²) in [6.45, 7) is 0.215. The largest absolute Gasteiger partial charge is 0.508 e. The second kappa shape index (κ2) is 13.2. The number of likely N-dealkylation sites (tertiary alicyclic amines) is 1. The molecular formula is C29H34N6O7. The number of phenolic OH excluding ortho intramolecular Hbond substituents is 1. The minimum absolute atomic E-state index is 0.0112. The number of carbonyl (C=O) groups is 5. The Bertz CT molecular complexity index is 1470. The molecule has 42 heavy (non-hydrogen) atoms. The quantitative estimate of drug-likeness (QED) is 0.153. The smallest absolute Gasteiger partial charge is 0.326 e. The van der Waals surface area contributed by atoms with Gasteiger partial charge >= 0.3 is 5.97 Å². The number of phenols is 1. The molecule has 4 atom stereocenters. The van der Waals surface area contributed by atoms with Crippen LogP contribution in [-0.2, 0) is 36.8 Å². The van der Waals surface area contributed by atoms with Crippen LogP contribution in [0.3, 0.4) is 0 Å². The van der Waals surface area contributed by atoms with Gasteiger partial charge in [-0.05, 0) is 42.2 Å². The zero-order chi connectivity index (χ0) is 30.4. The molecule has 222 valence electrons. The number of fused-ring (bicyclic) bond motifs is 1. The molecule has 1 aliphatic rings. The molecule has 0 radical (unpaired) electrons. The monoisotopic (exact) mass is 578 g/mol. The number of hydrogen-bond donors (Lipinski definition) is 7. The van der Waals surface area contributed by atoms with Crippen molar-refractivity contribution in [2.24, 2.45) is 11.5 Å². The molecule has 1 aromatic heterocycles. The average molecular weight is 579 g/mol. The minimum Gasteiger partial charge on any atom is -0.508 e. The maximum atomic E-state index is 13.8. The Labute approximate surface area is 241 Å². The predicted molar refractivity (Wildman–Crippen MR) is 152 cm³/mol. The number of aromatic hydroxyl groups is 1.